The fourth-order valence-corrected chi connectivity index (χ4v) is 2.72. The Morgan fingerprint density at radius 2 is 1.84 bits per heavy atom. The third-order valence-corrected chi connectivity index (χ3v) is 4.14. The van der Waals surface area contributed by atoms with Crippen LogP contribution in [0.25, 0.3) is 0 Å². The monoisotopic (exact) mass is 260 g/mol. The number of hydrogen-bond acceptors (Lipinski definition) is 2. The van der Waals surface area contributed by atoms with Crippen LogP contribution in [0.15, 0.2) is 30.3 Å². The summed E-state index contributed by atoms with van der Waals surface area (Å²) in [5, 5.41) is 3.56. The summed E-state index contributed by atoms with van der Waals surface area (Å²) in [6.07, 6.45) is 5.20. The highest BCUT2D eigenvalue weighted by Gasteiger charge is 2.14. The maximum atomic E-state index is 3.56. The molecule has 1 aromatic carbocycles. The second-order valence-corrected chi connectivity index (χ2v) is 5.86. The minimum atomic E-state index is 0.945. The first-order chi connectivity index (χ1) is 9.34. The van der Waals surface area contributed by atoms with Crippen molar-refractivity contribution in [1.82, 2.24) is 10.2 Å². The van der Waals surface area contributed by atoms with Crippen molar-refractivity contribution >= 4 is 0 Å². The standard InChI is InChI=1S/C17H28N2/c1-16-9-14-19(15-10-16)13-5-11-18-12-8-17-6-3-2-4-7-17/h2-4,6-7,16,18H,5,8-15H2,1H3. The summed E-state index contributed by atoms with van der Waals surface area (Å²) >= 11 is 0. The molecule has 2 rings (SSSR count). The molecule has 1 aromatic rings. The van der Waals surface area contributed by atoms with E-state index in [0.29, 0.717) is 0 Å². The van der Waals surface area contributed by atoms with Crippen LogP contribution >= 0.6 is 0 Å². The average Bonchev–Trinajstić information content (AvgIpc) is 2.46. The van der Waals surface area contributed by atoms with E-state index in [1.807, 2.05) is 0 Å². The van der Waals surface area contributed by atoms with Gasteiger partial charge in [0.05, 0.1) is 0 Å². The van der Waals surface area contributed by atoms with Crippen LogP contribution in [0.5, 0.6) is 0 Å². The molecule has 1 aliphatic heterocycles. The van der Waals surface area contributed by atoms with E-state index in [1.54, 1.807) is 0 Å². The molecule has 0 aliphatic carbocycles. The molecule has 1 aliphatic rings. The first-order valence-corrected chi connectivity index (χ1v) is 7.81. The minimum absolute atomic E-state index is 0.945. The Hall–Kier alpha value is -0.860. The molecule has 2 nitrogen and oxygen atoms in total. The first kappa shape index (κ1) is 14.5. The largest absolute Gasteiger partial charge is 0.316 e. The number of likely N-dealkylation sites (tertiary alicyclic amines) is 1. The van der Waals surface area contributed by atoms with Crippen molar-refractivity contribution in [3.63, 3.8) is 0 Å². The van der Waals surface area contributed by atoms with Crippen molar-refractivity contribution in [2.75, 3.05) is 32.7 Å². The van der Waals surface area contributed by atoms with Crippen molar-refractivity contribution in [1.29, 1.82) is 0 Å². The summed E-state index contributed by atoms with van der Waals surface area (Å²) < 4.78 is 0. The van der Waals surface area contributed by atoms with E-state index < -0.39 is 0 Å². The minimum Gasteiger partial charge on any atom is -0.316 e. The van der Waals surface area contributed by atoms with Gasteiger partial charge in [0.25, 0.3) is 0 Å². The highest BCUT2D eigenvalue weighted by atomic mass is 15.1. The third kappa shape index (κ3) is 5.75. The number of benzene rings is 1. The van der Waals surface area contributed by atoms with Gasteiger partial charge >= 0.3 is 0 Å². The Bertz CT molecular complexity index is 328. The van der Waals surface area contributed by atoms with E-state index in [2.05, 4.69) is 47.5 Å². The molecular formula is C17H28N2. The van der Waals surface area contributed by atoms with Crippen molar-refractivity contribution in [3.05, 3.63) is 35.9 Å². The normalized spacial score (nSPS) is 17.7. The number of nitrogens with zero attached hydrogens (tertiary/aromatic N) is 1. The highest BCUT2D eigenvalue weighted by Crippen LogP contribution is 2.15. The average molecular weight is 260 g/mol. The van der Waals surface area contributed by atoms with Crippen LogP contribution in [0.2, 0.25) is 0 Å². The van der Waals surface area contributed by atoms with E-state index in [9.17, 15) is 0 Å². The molecule has 0 amide bonds. The maximum absolute atomic E-state index is 3.56. The molecule has 1 saturated heterocycles. The molecule has 2 heteroatoms. The Morgan fingerprint density at radius 1 is 1.11 bits per heavy atom. The molecule has 106 valence electrons. The van der Waals surface area contributed by atoms with Gasteiger partial charge in [-0.3, -0.25) is 0 Å². The summed E-state index contributed by atoms with van der Waals surface area (Å²) in [6.45, 7) is 8.52. The van der Waals surface area contributed by atoms with Crippen LogP contribution in [0.3, 0.4) is 0 Å². The van der Waals surface area contributed by atoms with Crippen LogP contribution < -0.4 is 5.32 Å². The van der Waals surface area contributed by atoms with Crippen LogP contribution in [0.4, 0.5) is 0 Å². The second-order valence-electron chi connectivity index (χ2n) is 5.86. The lowest BCUT2D eigenvalue weighted by atomic mass is 9.99. The molecule has 0 bridgehead atoms. The summed E-state index contributed by atoms with van der Waals surface area (Å²) in [4.78, 5) is 2.62. The summed E-state index contributed by atoms with van der Waals surface area (Å²) in [5.74, 6) is 0.945. The lowest BCUT2D eigenvalue weighted by molar-refractivity contribution is 0.190. The van der Waals surface area contributed by atoms with E-state index in [4.69, 9.17) is 0 Å². The zero-order valence-electron chi connectivity index (χ0n) is 12.3. The molecule has 1 heterocycles. The zero-order valence-corrected chi connectivity index (χ0v) is 12.3. The van der Waals surface area contributed by atoms with Crippen LogP contribution in [-0.2, 0) is 6.42 Å². The van der Waals surface area contributed by atoms with Gasteiger partial charge in [0.15, 0.2) is 0 Å². The van der Waals surface area contributed by atoms with Gasteiger partial charge in [0.1, 0.15) is 0 Å². The lowest BCUT2D eigenvalue weighted by Gasteiger charge is -2.30. The van der Waals surface area contributed by atoms with E-state index >= 15 is 0 Å². The van der Waals surface area contributed by atoms with Gasteiger partial charge < -0.3 is 10.2 Å². The molecule has 1 N–H and O–H groups in total. The zero-order chi connectivity index (χ0) is 13.3. The number of rotatable bonds is 7. The van der Waals surface area contributed by atoms with Crippen molar-refractivity contribution in [2.24, 2.45) is 5.92 Å². The van der Waals surface area contributed by atoms with E-state index in [1.165, 1.54) is 44.5 Å². The predicted octanol–water partition coefficient (Wildman–Crippen LogP) is 2.94. The van der Waals surface area contributed by atoms with Gasteiger partial charge in [-0.2, -0.15) is 0 Å². The van der Waals surface area contributed by atoms with E-state index in [0.717, 1.165) is 25.4 Å². The number of piperidine rings is 1. The lowest BCUT2D eigenvalue weighted by Crippen LogP contribution is -2.34. The molecule has 0 saturated carbocycles. The number of hydrogen-bond donors (Lipinski definition) is 1. The maximum Gasteiger partial charge on any atom is -0.000664 e. The molecule has 0 spiro atoms. The van der Waals surface area contributed by atoms with Crippen LogP contribution in [0.1, 0.15) is 31.7 Å². The molecule has 0 atom stereocenters. The molecule has 0 aromatic heterocycles. The SMILES string of the molecule is CC1CCN(CCCNCCc2ccccc2)CC1. The fraction of sp³-hybridized carbons (Fsp3) is 0.647. The molecule has 19 heavy (non-hydrogen) atoms. The van der Waals surface area contributed by atoms with Gasteiger partial charge in [-0.1, -0.05) is 37.3 Å². The van der Waals surface area contributed by atoms with Crippen molar-refractivity contribution in [3.8, 4) is 0 Å². The Morgan fingerprint density at radius 3 is 2.58 bits per heavy atom. The van der Waals surface area contributed by atoms with Crippen molar-refractivity contribution < 1.29 is 0 Å². The second kappa shape index (κ2) is 8.34. The smallest absolute Gasteiger partial charge is 0.000664 e. The van der Waals surface area contributed by atoms with Gasteiger partial charge in [0.2, 0.25) is 0 Å². The molecule has 1 fully saturated rings. The number of nitrogens with one attached hydrogen (secondary N) is 1. The van der Waals surface area contributed by atoms with Crippen molar-refractivity contribution in [2.45, 2.75) is 32.6 Å². The topological polar surface area (TPSA) is 15.3 Å². The first-order valence-electron chi connectivity index (χ1n) is 7.81. The highest BCUT2D eigenvalue weighted by molar-refractivity contribution is 5.14. The fourth-order valence-electron chi connectivity index (χ4n) is 2.72. The Balaban J connectivity index is 1.46. The van der Waals surface area contributed by atoms with Gasteiger partial charge in [-0.15, -0.1) is 0 Å². The van der Waals surface area contributed by atoms with E-state index in [-0.39, 0.29) is 0 Å². The molecule has 0 radical (unpaired) electrons. The van der Waals surface area contributed by atoms with Crippen LogP contribution in [0, 0.1) is 5.92 Å². The quantitative estimate of drug-likeness (QED) is 0.758. The molecule has 0 unspecified atom stereocenters. The summed E-state index contributed by atoms with van der Waals surface area (Å²) in [6, 6.07) is 10.7. The summed E-state index contributed by atoms with van der Waals surface area (Å²) in [7, 11) is 0. The Labute approximate surface area is 118 Å². The predicted molar refractivity (Wildman–Crippen MR) is 82.5 cm³/mol. The summed E-state index contributed by atoms with van der Waals surface area (Å²) in [5.41, 5.74) is 1.43. The van der Waals surface area contributed by atoms with Crippen LogP contribution in [-0.4, -0.2) is 37.6 Å². The Kier molecular flexibility index (Phi) is 6.38. The third-order valence-electron chi connectivity index (χ3n) is 4.14. The van der Waals surface area contributed by atoms with Gasteiger partial charge in [-0.05, 0) is 69.9 Å². The van der Waals surface area contributed by atoms with Gasteiger partial charge in [-0.25, -0.2) is 0 Å². The molecular weight excluding hydrogens is 232 g/mol. The van der Waals surface area contributed by atoms with Gasteiger partial charge in [0, 0.05) is 0 Å².